The van der Waals surface area contributed by atoms with Crippen LogP contribution in [0.5, 0.6) is 0 Å². The molecule has 1 heterocycles. The highest BCUT2D eigenvalue weighted by molar-refractivity contribution is 5.65. The molecule has 1 unspecified atom stereocenters. The van der Waals surface area contributed by atoms with Crippen molar-refractivity contribution in [1.29, 1.82) is 0 Å². The number of anilines is 2. The van der Waals surface area contributed by atoms with E-state index in [2.05, 4.69) is 68.0 Å². The Hall–Kier alpha value is -1.87. The molecule has 1 aromatic carbocycles. The summed E-state index contributed by atoms with van der Waals surface area (Å²) in [7, 11) is 2.06. The number of aromatic nitrogens is 1. The zero-order valence-electron chi connectivity index (χ0n) is 13.4. The fraction of sp³-hybridized carbons (Fsp3) is 0.389. The van der Waals surface area contributed by atoms with E-state index in [-0.39, 0.29) is 6.04 Å². The average molecular weight is 283 g/mol. The first kappa shape index (κ1) is 15.5. The Morgan fingerprint density at radius 3 is 2.52 bits per heavy atom. The zero-order chi connectivity index (χ0) is 15.4. The van der Waals surface area contributed by atoms with Gasteiger partial charge in [0.2, 0.25) is 0 Å². The summed E-state index contributed by atoms with van der Waals surface area (Å²) in [6.07, 6.45) is 3.83. The SMILES string of the molecule is CCC(N)Cc1cnc(N(C)c2ccccc2C)c(C)c1. The summed E-state index contributed by atoms with van der Waals surface area (Å²) in [5.74, 6) is 0.998. The molecule has 0 aliphatic carbocycles. The van der Waals surface area contributed by atoms with E-state index in [0.29, 0.717) is 0 Å². The van der Waals surface area contributed by atoms with Crippen LogP contribution in [0.2, 0.25) is 0 Å². The monoisotopic (exact) mass is 283 g/mol. The molecule has 0 spiro atoms. The summed E-state index contributed by atoms with van der Waals surface area (Å²) >= 11 is 0. The minimum atomic E-state index is 0.214. The summed E-state index contributed by atoms with van der Waals surface area (Å²) in [6.45, 7) is 6.35. The van der Waals surface area contributed by atoms with E-state index < -0.39 is 0 Å². The summed E-state index contributed by atoms with van der Waals surface area (Å²) in [6, 6.07) is 10.8. The molecule has 2 rings (SSSR count). The molecule has 1 atom stereocenters. The molecule has 0 bridgehead atoms. The number of aryl methyl sites for hydroxylation is 2. The van der Waals surface area contributed by atoms with Gasteiger partial charge in [-0.1, -0.05) is 31.2 Å². The standard InChI is InChI=1S/C18H25N3/c1-5-16(19)11-15-10-14(3)18(20-12-15)21(4)17-9-7-6-8-13(17)2/h6-10,12,16H,5,11,19H2,1-4H3. The van der Waals surface area contributed by atoms with Gasteiger partial charge in [0.15, 0.2) is 0 Å². The number of benzene rings is 1. The second-order valence-electron chi connectivity index (χ2n) is 5.70. The van der Waals surface area contributed by atoms with Crippen molar-refractivity contribution < 1.29 is 0 Å². The van der Waals surface area contributed by atoms with Crippen LogP contribution in [0.3, 0.4) is 0 Å². The molecule has 2 N–H and O–H groups in total. The highest BCUT2D eigenvalue weighted by atomic mass is 15.2. The summed E-state index contributed by atoms with van der Waals surface area (Å²) in [4.78, 5) is 6.80. The molecule has 3 nitrogen and oxygen atoms in total. The lowest BCUT2D eigenvalue weighted by atomic mass is 10.0. The van der Waals surface area contributed by atoms with Crippen molar-refractivity contribution in [3.8, 4) is 0 Å². The van der Waals surface area contributed by atoms with Crippen LogP contribution in [-0.2, 0) is 6.42 Å². The highest BCUT2D eigenvalue weighted by Gasteiger charge is 2.11. The first-order valence-electron chi connectivity index (χ1n) is 7.53. The van der Waals surface area contributed by atoms with E-state index in [1.807, 2.05) is 6.20 Å². The van der Waals surface area contributed by atoms with E-state index in [0.717, 1.165) is 18.7 Å². The van der Waals surface area contributed by atoms with Crippen molar-refractivity contribution in [3.05, 3.63) is 53.2 Å². The van der Waals surface area contributed by atoms with Gasteiger partial charge in [0, 0.05) is 25.0 Å². The molecule has 0 aliphatic rings. The van der Waals surface area contributed by atoms with Crippen molar-refractivity contribution >= 4 is 11.5 Å². The Kier molecular flexibility index (Phi) is 4.97. The van der Waals surface area contributed by atoms with Crippen LogP contribution in [0.4, 0.5) is 11.5 Å². The second-order valence-corrected chi connectivity index (χ2v) is 5.70. The number of hydrogen-bond donors (Lipinski definition) is 1. The van der Waals surface area contributed by atoms with Crippen molar-refractivity contribution in [2.45, 2.75) is 39.7 Å². The van der Waals surface area contributed by atoms with Gasteiger partial charge < -0.3 is 10.6 Å². The predicted octanol–water partition coefficient (Wildman–Crippen LogP) is 3.75. The van der Waals surface area contributed by atoms with Gasteiger partial charge in [-0.05, 0) is 49.4 Å². The zero-order valence-corrected chi connectivity index (χ0v) is 13.4. The van der Waals surface area contributed by atoms with Gasteiger partial charge in [-0.2, -0.15) is 0 Å². The molecular weight excluding hydrogens is 258 g/mol. The van der Waals surface area contributed by atoms with E-state index in [9.17, 15) is 0 Å². The lowest BCUT2D eigenvalue weighted by molar-refractivity contribution is 0.645. The van der Waals surface area contributed by atoms with Crippen LogP contribution >= 0.6 is 0 Å². The maximum Gasteiger partial charge on any atom is 0.135 e. The summed E-state index contributed by atoms with van der Waals surface area (Å²) in [5.41, 5.74) is 10.9. The second kappa shape index (κ2) is 6.72. The van der Waals surface area contributed by atoms with Gasteiger partial charge in [-0.15, -0.1) is 0 Å². The fourth-order valence-electron chi connectivity index (χ4n) is 2.59. The van der Waals surface area contributed by atoms with E-state index >= 15 is 0 Å². The maximum atomic E-state index is 6.03. The van der Waals surface area contributed by atoms with Crippen molar-refractivity contribution in [2.24, 2.45) is 5.73 Å². The van der Waals surface area contributed by atoms with Gasteiger partial charge in [-0.3, -0.25) is 0 Å². The molecule has 21 heavy (non-hydrogen) atoms. The molecule has 0 aliphatic heterocycles. The number of hydrogen-bond acceptors (Lipinski definition) is 3. The first-order chi connectivity index (χ1) is 10.0. The van der Waals surface area contributed by atoms with Gasteiger partial charge in [0.05, 0.1) is 0 Å². The van der Waals surface area contributed by atoms with Gasteiger partial charge >= 0.3 is 0 Å². The molecule has 3 heteroatoms. The van der Waals surface area contributed by atoms with E-state index in [1.165, 1.54) is 22.4 Å². The fourth-order valence-corrected chi connectivity index (χ4v) is 2.59. The molecule has 0 fully saturated rings. The predicted molar refractivity (Wildman–Crippen MR) is 90.2 cm³/mol. The quantitative estimate of drug-likeness (QED) is 0.908. The largest absolute Gasteiger partial charge is 0.329 e. The molecule has 0 saturated heterocycles. The topological polar surface area (TPSA) is 42.1 Å². The minimum absolute atomic E-state index is 0.214. The third kappa shape index (κ3) is 3.61. The molecule has 0 radical (unpaired) electrons. The van der Waals surface area contributed by atoms with Crippen LogP contribution in [0, 0.1) is 13.8 Å². The van der Waals surface area contributed by atoms with Gasteiger partial charge in [0.25, 0.3) is 0 Å². The Bertz CT molecular complexity index is 607. The first-order valence-corrected chi connectivity index (χ1v) is 7.53. The maximum absolute atomic E-state index is 6.03. The minimum Gasteiger partial charge on any atom is -0.329 e. The number of rotatable bonds is 5. The van der Waals surface area contributed by atoms with E-state index in [4.69, 9.17) is 5.73 Å². The molecule has 1 aromatic heterocycles. The molecule has 2 aromatic rings. The molecular formula is C18H25N3. The summed E-state index contributed by atoms with van der Waals surface area (Å²) < 4.78 is 0. The molecule has 112 valence electrons. The smallest absolute Gasteiger partial charge is 0.135 e. The Balaban J connectivity index is 2.27. The Morgan fingerprint density at radius 2 is 1.90 bits per heavy atom. The Morgan fingerprint density at radius 1 is 1.19 bits per heavy atom. The Labute approximate surface area is 127 Å². The van der Waals surface area contributed by atoms with E-state index in [1.54, 1.807) is 0 Å². The van der Waals surface area contributed by atoms with Crippen molar-refractivity contribution in [1.82, 2.24) is 4.98 Å². The number of para-hydroxylation sites is 1. The number of nitrogens with two attached hydrogens (primary N) is 1. The lowest BCUT2D eigenvalue weighted by Gasteiger charge is -2.22. The van der Waals surface area contributed by atoms with Crippen LogP contribution in [0.15, 0.2) is 36.5 Å². The van der Waals surface area contributed by atoms with Crippen LogP contribution in [0.1, 0.15) is 30.0 Å². The van der Waals surface area contributed by atoms with Gasteiger partial charge in [-0.25, -0.2) is 4.98 Å². The third-order valence-electron chi connectivity index (χ3n) is 3.92. The van der Waals surface area contributed by atoms with Crippen LogP contribution in [-0.4, -0.2) is 18.1 Å². The van der Waals surface area contributed by atoms with Gasteiger partial charge in [0.1, 0.15) is 5.82 Å². The molecule has 0 saturated carbocycles. The van der Waals surface area contributed by atoms with Crippen molar-refractivity contribution in [2.75, 3.05) is 11.9 Å². The average Bonchev–Trinajstić information content (AvgIpc) is 2.47. The number of nitrogens with zero attached hydrogens (tertiary/aromatic N) is 2. The summed E-state index contributed by atoms with van der Waals surface area (Å²) in [5, 5.41) is 0. The third-order valence-corrected chi connectivity index (χ3v) is 3.92. The molecule has 0 amide bonds. The highest BCUT2D eigenvalue weighted by Crippen LogP contribution is 2.27. The normalized spacial score (nSPS) is 12.2. The number of pyridine rings is 1. The van der Waals surface area contributed by atoms with Crippen LogP contribution < -0.4 is 10.6 Å². The lowest BCUT2D eigenvalue weighted by Crippen LogP contribution is -2.22. The van der Waals surface area contributed by atoms with Crippen LogP contribution in [0.25, 0.3) is 0 Å². The van der Waals surface area contributed by atoms with Crippen molar-refractivity contribution in [3.63, 3.8) is 0 Å².